The molecule has 0 aromatic heterocycles. The Balaban J connectivity index is 1.92. The van der Waals surface area contributed by atoms with Gasteiger partial charge in [0.15, 0.2) is 0 Å². The van der Waals surface area contributed by atoms with Gasteiger partial charge in [0.1, 0.15) is 5.75 Å². The average molecular weight is 328 g/mol. The lowest BCUT2D eigenvalue weighted by Crippen LogP contribution is -2.00. The molecule has 0 amide bonds. The summed E-state index contributed by atoms with van der Waals surface area (Å²) in [4.78, 5) is 0. The molecule has 4 heteroatoms. The van der Waals surface area contributed by atoms with Crippen LogP contribution in [0.15, 0.2) is 36.4 Å². The van der Waals surface area contributed by atoms with E-state index in [2.05, 4.69) is 0 Å². The zero-order chi connectivity index (χ0) is 14.1. The van der Waals surface area contributed by atoms with Gasteiger partial charge in [-0.05, 0) is 35.7 Å². The quantitative estimate of drug-likeness (QED) is 0.681. The highest BCUT2D eigenvalue weighted by Gasteiger charge is 2.22. The van der Waals surface area contributed by atoms with E-state index >= 15 is 0 Å². The molecule has 1 heterocycles. The maximum Gasteiger partial charge on any atom is 0.127 e. The Hall–Kier alpha value is -0.890. The van der Waals surface area contributed by atoms with Gasteiger partial charge in [0.05, 0.1) is 12.0 Å². The molecule has 3 rings (SSSR count). The summed E-state index contributed by atoms with van der Waals surface area (Å²) in [6.07, 6.45) is 1.54. The zero-order valence-electron chi connectivity index (χ0n) is 10.7. The summed E-state index contributed by atoms with van der Waals surface area (Å²) in [5.74, 6) is 0.890. The minimum atomic E-state index is -0.208. The molecule has 1 aliphatic rings. The van der Waals surface area contributed by atoms with Gasteiger partial charge in [0, 0.05) is 22.0 Å². The van der Waals surface area contributed by atoms with E-state index in [1.807, 2.05) is 36.4 Å². The summed E-state index contributed by atoms with van der Waals surface area (Å²) >= 11 is 18.9. The van der Waals surface area contributed by atoms with Gasteiger partial charge in [-0.15, -0.1) is 11.6 Å². The van der Waals surface area contributed by atoms with Gasteiger partial charge in [0.2, 0.25) is 0 Å². The molecule has 2 aromatic rings. The van der Waals surface area contributed by atoms with Crippen molar-refractivity contribution in [1.29, 1.82) is 0 Å². The lowest BCUT2D eigenvalue weighted by Gasteiger charge is -2.15. The first-order valence-electron chi connectivity index (χ1n) is 6.48. The second kappa shape index (κ2) is 5.85. The molecule has 1 aliphatic heterocycles. The predicted molar refractivity (Wildman–Crippen MR) is 84.4 cm³/mol. The van der Waals surface area contributed by atoms with Crippen LogP contribution in [0.25, 0.3) is 0 Å². The largest absolute Gasteiger partial charge is 0.493 e. The monoisotopic (exact) mass is 326 g/mol. The molecule has 0 spiro atoms. The van der Waals surface area contributed by atoms with Crippen molar-refractivity contribution >= 4 is 34.8 Å². The van der Waals surface area contributed by atoms with Crippen LogP contribution in [0.3, 0.4) is 0 Å². The summed E-state index contributed by atoms with van der Waals surface area (Å²) in [7, 11) is 0. The standard InChI is InChI=1S/C16H13Cl3O/c17-12-7-11-5-6-20-16(11)13(9-12)15(19)8-10-3-1-2-4-14(10)18/h1-4,7,9,15H,5-6,8H2. The third-order valence-electron chi connectivity index (χ3n) is 3.47. The first kappa shape index (κ1) is 14.1. The maximum atomic E-state index is 6.57. The average Bonchev–Trinajstić information content (AvgIpc) is 2.88. The predicted octanol–water partition coefficient (Wildman–Crippen LogP) is 5.45. The van der Waals surface area contributed by atoms with Crippen molar-refractivity contribution in [1.82, 2.24) is 0 Å². The molecular formula is C16H13Cl3O. The number of fused-ring (bicyclic) bond motifs is 1. The van der Waals surface area contributed by atoms with Crippen molar-refractivity contribution in [2.75, 3.05) is 6.61 Å². The number of halogens is 3. The number of alkyl halides is 1. The summed E-state index contributed by atoms with van der Waals surface area (Å²) in [6, 6.07) is 11.6. The fraction of sp³-hybridized carbons (Fsp3) is 0.250. The van der Waals surface area contributed by atoms with Crippen LogP contribution < -0.4 is 4.74 Å². The van der Waals surface area contributed by atoms with Crippen LogP contribution in [-0.4, -0.2) is 6.61 Å². The Bertz CT molecular complexity index is 640. The highest BCUT2D eigenvalue weighted by atomic mass is 35.5. The topological polar surface area (TPSA) is 9.23 Å². The van der Waals surface area contributed by atoms with Gasteiger partial charge in [-0.25, -0.2) is 0 Å². The van der Waals surface area contributed by atoms with Gasteiger partial charge in [-0.1, -0.05) is 41.4 Å². The summed E-state index contributed by atoms with van der Waals surface area (Å²) < 4.78 is 5.70. The maximum absolute atomic E-state index is 6.57. The molecule has 1 atom stereocenters. The highest BCUT2D eigenvalue weighted by Crippen LogP contribution is 2.40. The molecule has 0 radical (unpaired) electrons. The van der Waals surface area contributed by atoms with Crippen molar-refractivity contribution in [3.05, 3.63) is 63.1 Å². The SMILES string of the molecule is Clc1cc2c(c(C(Cl)Cc3ccccc3Cl)c1)OCC2. The second-order valence-corrected chi connectivity index (χ2v) is 6.22. The van der Waals surface area contributed by atoms with Crippen LogP contribution in [0, 0.1) is 0 Å². The van der Waals surface area contributed by atoms with Gasteiger partial charge < -0.3 is 4.74 Å². The van der Waals surface area contributed by atoms with Crippen molar-refractivity contribution in [2.24, 2.45) is 0 Å². The molecule has 0 aliphatic carbocycles. The third-order valence-corrected chi connectivity index (χ3v) is 4.45. The molecule has 0 fully saturated rings. The lowest BCUT2D eigenvalue weighted by atomic mass is 10.0. The van der Waals surface area contributed by atoms with E-state index in [4.69, 9.17) is 39.5 Å². The first-order valence-corrected chi connectivity index (χ1v) is 7.67. The smallest absolute Gasteiger partial charge is 0.127 e. The Morgan fingerprint density at radius 1 is 1.15 bits per heavy atom. The molecule has 1 nitrogen and oxygen atoms in total. The first-order chi connectivity index (χ1) is 9.65. The van der Waals surface area contributed by atoms with E-state index in [0.717, 1.165) is 33.9 Å². The van der Waals surface area contributed by atoms with Crippen LogP contribution >= 0.6 is 34.8 Å². The lowest BCUT2D eigenvalue weighted by molar-refractivity contribution is 0.353. The van der Waals surface area contributed by atoms with Gasteiger partial charge >= 0.3 is 0 Å². The van der Waals surface area contributed by atoms with E-state index in [0.29, 0.717) is 18.1 Å². The molecule has 0 bridgehead atoms. The molecule has 2 aromatic carbocycles. The normalized spacial score (nSPS) is 14.8. The third kappa shape index (κ3) is 2.76. The Labute approximate surface area is 133 Å². The molecule has 1 unspecified atom stereocenters. The minimum Gasteiger partial charge on any atom is -0.493 e. The van der Waals surface area contributed by atoms with Crippen LogP contribution in [-0.2, 0) is 12.8 Å². The number of ether oxygens (including phenoxy) is 1. The Kier molecular flexibility index (Phi) is 4.11. The molecule has 104 valence electrons. The van der Waals surface area contributed by atoms with E-state index in [1.54, 1.807) is 0 Å². The fourth-order valence-electron chi connectivity index (χ4n) is 2.50. The van der Waals surface area contributed by atoms with Crippen molar-refractivity contribution in [3.63, 3.8) is 0 Å². The summed E-state index contributed by atoms with van der Waals surface area (Å²) in [5, 5.41) is 1.23. The van der Waals surface area contributed by atoms with E-state index in [9.17, 15) is 0 Å². The van der Waals surface area contributed by atoms with E-state index in [-0.39, 0.29) is 5.38 Å². The second-order valence-electron chi connectivity index (χ2n) is 4.84. The number of benzene rings is 2. The van der Waals surface area contributed by atoms with Crippen LogP contribution in [0.5, 0.6) is 5.75 Å². The molecule has 0 saturated heterocycles. The van der Waals surface area contributed by atoms with Crippen molar-refractivity contribution in [2.45, 2.75) is 18.2 Å². The van der Waals surface area contributed by atoms with Crippen LogP contribution in [0.4, 0.5) is 0 Å². The van der Waals surface area contributed by atoms with Gasteiger partial charge in [-0.2, -0.15) is 0 Å². The van der Waals surface area contributed by atoms with Gasteiger partial charge in [0.25, 0.3) is 0 Å². The molecule has 0 saturated carbocycles. The van der Waals surface area contributed by atoms with Crippen LogP contribution in [0.1, 0.15) is 22.1 Å². The molecule has 20 heavy (non-hydrogen) atoms. The summed E-state index contributed by atoms with van der Waals surface area (Å²) in [5.41, 5.74) is 3.12. The Morgan fingerprint density at radius 3 is 2.75 bits per heavy atom. The van der Waals surface area contributed by atoms with E-state index < -0.39 is 0 Å². The fourth-order valence-corrected chi connectivity index (χ4v) is 3.29. The minimum absolute atomic E-state index is 0.208. The van der Waals surface area contributed by atoms with E-state index in [1.165, 1.54) is 0 Å². The zero-order valence-corrected chi connectivity index (χ0v) is 13.0. The molecular weight excluding hydrogens is 315 g/mol. The van der Waals surface area contributed by atoms with Gasteiger partial charge in [-0.3, -0.25) is 0 Å². The highest BCUT2D eigenvalue weighted by molar-refractivity contribution is 6.31. The Morgan fingerprint density at radius 2 is 1.95 bits per heavy atom. The number of rotatable bonds is 3. The summed E-state index contributed by atoms with van der Waals surface area (Å²) in [6.45, 7) is 0.693. The van der Waals surface area contributed by atoms with Crippen LogP contribution in [0.2, 0.25) is 10.0 Å². The number of hydrogen-bond acceptors (Lipinski definition) is 1. The number of hydrogen-bond donors (Lipinski definition) is 0. The van der Waals surface area contributed by atoms with Crippen molar-refractivity contribution in [3.8, 4) is 5.75 Å². The molecule has 0 N–H and O–H groups in total. The van der Waals surface area contributed by atoms with Crippen molar-refractivity contribution < 1.29 is 4.74 Å².